The van der Waals surface area contributed by atoms with Crippen molar-refractivity contribution in [1.82, 2.24) is 9.97 Å². The molecule has 0 N–H and O–H groups in total. The van der Waals surface area contributed by atoms with E-state index in [4.69, 9.17) is 9.57 Å². The van der Waals surface area contributed by atoms with Crippen molar-refractivity contribution >= 4 is 11.3 Å². The summed E-state index contributed by atoms with van der Waals surface area (Å²) in [6, 6.07) is 15.4. The molecule has 130 valence electrons. The summed E-state index contributed by atoms with van der Waals surface area (Å²) in [5.74, 6) is 0.483. The Morgan fingerprint density at radius 2 is 1.81 bits per heavy atom. The zero-order valence-electron chi connectivity index (χ0n) is 14.0. The predicted octanol–water partition coefficient (Wildman–Crippen LogP) is 4.16. The van der Waals surface area contributed by atoms with Gasteiger partial charge in [-0.25, -0.2) is 14.4 Å². The molecule has 0 saturated carbocycles. The van der Waals surface area contributed by atoms with Crippen LogP contribution in [0.4, 0.5) is 10.1 Å². The van der Waals surface area contributed by atoms with Gasteiger partial charge < -0.3 is 9.57 Å². The molecule has 1 aliphatic rings. The van der Waals surface area contributed by atoms with E-state index in [2.05, 4.69) is 9.97 Å². The molecule has 0 radical (unpaired) electrons. The summed E-state index contributed by atoms with van der Waals surface area (Å²) in [5, 5.41) is 1.76. The summed E-state index contributed by atoms with van der Waals surface area (Å²) in [5.41, 5.74) is 3.39. The van der Waals surface area contributed by atoms with E-state index < -0.39 is 0 Å². The Bertz CT molecular complexity index is 912. The van der Waals surface area contributed by atoms with Crippen LogP contribution in [-0.4, -0.2) is 17.1 Å². The van der Waals surface area contributed by atoms with Crippen molar-refractivity contribution in [3.05, 3.63) is 90.5 Å². The normalized spacial score (nSPS) is 16.2. The van der Waals surface area contributed by atoms with Crippen LogP contribution in [-0.2, 0) is 4.84 Å². The van der Waals surface area contributed by atoms with Gasteiger partial charge in [0.15, 0.2) is 0 Å². The average Bonchev–Trinajstić information content (AvgIpc) is 3.14. The van der Waals surface area contributed by atoms with Crippen LogP contribution >= 0.6 is 0 Å². The van der Waals surface area contributed by atoms with Crippen molar-refractivity contribution in [3.8, 4) is 5.75 Å². The first-order chi connectivity index (χ1) is 12.8. The highest BCUT2D eigenvalue weighted by Gasteiger charge is 2.33. The first-order valence-corrected chi connectivity index (χ1v) is 8.08. The second-order valence-corrected chi connectivity index (χ2v) is 5.75. The first kappa shape index (κ1) is 16.1. The monoisotopic (exact) mass is 349 g/mol. The Balaban J connectivity index is 1.74. The average molecular weight is 349 g/mol. The largest absolute Gasteiger partial charge is 0.497 e. The molecule has 0 spiro atoms. The summed E-state index contributed by atoms with van der Waals surface area (Å²) in [4.78, 5) is 14.2. The minimum atomic E-state index is -0.281. The van der Waals surface area contributed by atoms with E-state index in [-0.39, 0.29) is 11.9 Å². The van der Waals surface area contributed by atoms with Gasteiger partial charge in [0.25, 0.3) is 0 Å². The third kappa shape index (κ3) is 2.97. The van der Waals surface area contributed by atoms with Gasteiger partial charge in [-0.05, 0) is 48.0 Å². The Morgan fingerprint density at radius 1 is 1.04 bits per heavy atom. The molecule has 1 aromatic heterocycles. The number of halogens is 1. The summed E-state index contributed by atoms with van der Waals surface area (Å²) in [6.07, 6.45) is 4.86. The standard InChI is InChI=1S/C20H16FN3O2/c1-25-17-8-6-16(7-9-17)24-20(19-10-11-22-13-23-19)18(12-26-24)14-2-4-15(21)5-3-14/h2-13,20H,1H3. The van der Waals surface area contributed by atoms with E-state index in [1.807, 2.05) is 30.3 Å². The quantitative estimate of drug-likeness (QED) is 0.708. The topological polar surface area (TPSA) is 47.5 Å². The van der Waals surface area contributed by atoms with Gasteiger partial charge in [-0.2, -0.15) is 5.06 Å². The number of anilines is 1. The van der Waals surface area contributed by atoms with Gasteiger partial charge in [0.2, 0.25) is 0 Å². The lowest BCUT2D eigenvalue weighted by atomic mass is 9.97. The molecule has 1 aliphatic heterocycles. The maximum atomic E-state index is 13.3. The van der Waals surface area contributed by atoms with E-state index in [1.165, 1.54) is 18.5 Å². The van der Waals surface area contributed by atoms with E-state index in [0.29, 0.717) is 0 Å². The molecule has 0 amide bonds. The van der Waals surface area contributed by atoms with Crippen molar-refractivity contribution < 1.29 is 14.0 Å². The number of hydrogen-bond acceptors (Lipinski definition) is 5. The Hall–Kier alpha value is -3.41. The zero-order valence-corrected chi connectivity index (χ0v) is 14.0. The number of nitrogens with zero attached hydrogens (tertiary/aromatic N) is 3. The first-order valence-electron chi connectivity index (χ1n) is 8.08. The van der Waals surface area contributed by atoms with Gasteiger partial charge in [-0.1, -0.05) is 12.1 Å². The van der Waals surface area contributed by atoms with Crippen LogP contribution in [0.3, 0.4) is 0 Å². The van der Waals surface area contributed by atoms with Crippen LogP contribution in [0.2, 0.25) is 0 Å². The van der Waals surface area contributed by atoms with Crippen LogP contribution in [0.15, 0.2) is 73.4 Å². The van der Waals surface area contributed by atoms with Crippen LogP contribution in [0.25, 0.3) is 5.57 Å². The lowest BCUT2D eigenvalue weighted by molar-refractivity contribution is 0.223. The van der Waals surface area contributed by atoms with E-state index in [0.717, 1.165) is 28.3 Å². The lowest BCUT2D eigenvalue weighted by Gasteiger charge is -2.26. The number of rotatable bonds is 4. The number of benzene rings is 2. The minimum absolute atomic E-state index is 0.279. The van der Waals surface area contributed by atoms with Crippen LogP contribution in [0, 0.1) is 5.82 Å². The van der Waals surface area contributed by atoms with Crippen LogP contribution in [0.5, 0.6) is 5.75 Å². The highest BCUT2D eigenvalue weighted by atomic mass is 19.1. The molecular formula is C20H16FN3O2. The summed E-state index contributed by atoms with van der Waals surface area (Å²) in [7, 11) is 1.62. The smallest absolute Gasteiger partial charge is 0.138 e. The number of hydrogen-bond donors (Lipinski definition) is 0. The van der Waals surface area contributed by atoms with Crippen LogP contribution in [0.1, 0.15) is 17.3 Å². The minimum Gasteiger partial charge on any atom is -0.497 e. The van der Waals surface area contributed by atoms with Gasteiger partial charge in [0.05, 0.1) is 18.5 Å². The molecule has 4 rings (SSSR count). The number of hydroxylamine groups is 1. The van der Waals surface area contributed by atoms with Crippen molar-refractivity contribution in [3.63, 3.8) is 0 Å². The molecule has 1 atom stereocenters. The molecular weight excluding hydrogens is 333 g/mol. The second kappa shape index (κ2) is 6.84. The van der Waals surface area contributed by atoms with E-state index >= 15 is 0 Å². The number of ether oxygens (including phenoxy) is 1. The number of methoxy groups -OCH3 is 1. The molecule has 0 saturated heterocycles. The molecule has 26 heavy (non-hydrogen) atoms. The third-order valence-corrected chi connectivity index (χ3v) is 4.21. The predicted molar refractivity (Wildman–Crippen MR) is 95.7 cm³/mol. The van der Waals surface area contributed by atoms with Gasteiger partial charge >= 0.3 is 0 Å². The second-order valence-electron chi connectivity index (χ2n) is 5.75. The molecule has 2 heterocycles. The van der Waals surface area contributed by atoms with Crippen LogP contribution < -0.4 is 9.80 Å². The summed E-state index contributed by atoms with van der Waals surface area (Å²) >= 11 is 0. The summed E-state index contributed by atoms with van der Waals surface area (Å²) in [6.45, 7) is 0. The third-order valence-electron chi connectivity index (χ3n) is 4.21. The zero-order chi connectivity index (χ0) is 17.9. The highest BCUT2D eigenvalue weighted by molar-refractivity contribution is 5.75. The molecule has 0 bridgehead atoms. The molecule has 6 heteroatoms. The maximum Gasteiger partial charge on any atom is 0.138 e. The molecule has 0 aliphatic carbocycles. The van der Waals surface area contributed by atoms with Gasteiger partial charge in [-0.15, -0.1) is 0 Å². The van der Waals surface area contributed by atoms with Gasteiger partial charge in [0.1, 0.15) is 30.2 Å². The molecule has 2 aromatic carbocycles. The maximum absolute atomic E-state index is 13.3. The van der Waals surface area contributed by atoms with Crippen molar-refractivity contribution in [2.24, 2.45) is 0 Å². The Labute approximate surface area is 150 Å². The fraction of sp³-hybridized carbons (Fsp3) is 0.100. The van der Waals surface area contributed by atoms with E-state index in [1.54, 1.807) is 36.8 Å². The fourth-order valence-electron chi connectivity index (χ4n) is 2.91. The highest BCUT2D eigenvalue weighted by Crippen LogP contribution is 2.42. The van der Waals surface area contributed by atoms with Crippen molar-refractivity contribution in [1.29, 1.82) is 0 Å². The summed E-state index contributed by atoms with van der Waals surface area (Å²) < 4.78 is 18.5. The lowest BCUT2D eigenvalue weighted by Crippen LogP contribution is -2.24. The SMILES string of the molecule is COc1ccc(N2OC=C(c3ccc(F)cc3)C2c2ccncn2)cc1. The van der Waals surface area contributed by atoms with E-state index in [9.17, 15) is 4.39 Å². The molecule has 3 aromatic rings. The van der Waals surface area contributed by atoms with Gasteiger partial charge in [-0.3, -0.25) is 0 Å². The Morgan fingerprint density at radius 3 is 2.46 bits per heavy atom. The molecule has 5 nitrogen and oxygen atoms in total. The Kier molecular flexibility index (Phi) is 4.23. The number of aromatic nitrogens is 2. The fourth-order valence-corrected chi connectivity index (χ4v) is 2.91. The molecule has 1 unspecified atom stereocenters. The van der Waals surface area contributed by atoms with Crippen molar-refractivity contribution in [2.75, 3.05) is 12.2 Å². The molecule has 0 fully saturated rings. The van der Waals surface area contributed by atoms with Crippen molar-refractivity contribution in [2.45, 2.75) is 6.04 Å². The van der Waals surface area contributed by atoms with Gasteiger partial charge in [0, 0.05) is 11.8 Å².